The number of hydrogen-bond donors (Lipinski definition) is 2. The van der Waals surface area contributed by atoms with Crippen LogP contribution in [0.15, 0.2) is 23.1 Å². The lowest BCUT2D eigenvalue weighted by molar-refractivity contribution is 0.117. The predicted octanol–water partition coefficient (Wildman–Crippen LogP) is 1.39. The summed E-state index contributed by atoms with van der Waals surface area (Å²) in [7, 11) is -3.87. The number of nitrogens with one attached hydrogen (secondary N) is 2. The maximum absolute atomic E-state index is 14.1. The lowest BCUT2D eigenvalue weighted by atomic mass is 10.2. The number of benzene rings is 1. The molecule has 7 heteroatoms. The van der Waals surface area contributed by atoms with E-state index in [1.807, 2.05) is 6.92 Å². The van der Waals surface area contributed by atoms with Crippen LogP contribution in [0.2, 0.25) is 0 Å². The molecule has 1 aromatic rings. The van der Waals surface area contributed by atoms with E-state index in [9.17, 15) is 12.8 Å². The molecule has 0 spiro atoms. The van der Waals surface area contributed by atoms with Crippen molar-refractivity contribution in [2.75, 3.05) is 13.2 Å². The fourth-order valence-corrected chi connectivity index (χ4v) is 3.69. The van der Waals surface area contributed by atoms with Crippen molar-refractivity contribution in [1.82, 2.24) is 10.0 Å². The third-order valence-electron chi connectivity index (χ3n) is 3.55. The molecular formula is C14H21FN2O3S. The largest absolute Gasteiger partial charge is 0.377 e. The molecule has 0 aromatic heterocycles. The summed E-state index contributed by atoms with van der Waals surface area (Å²) >= 11 is 0. The third-order valence-corrected chi connectivity index (χ3v) is 5.07. The highest BCUT2D eigenvalue weighted by atomic mass is 32.2. The van der Waals surface area contributed by atoms with E-state index in [1.165, 1.54) is 12.1 Å². The molecule has 1 heterocycles. The Hall–Kier alpha value is -1.02. The lowest BCUT2D eigenvalue weighted by Crippen LogP contribution is -2.39. The van der Waals surface area contributed by atoms with Crippen LogP contribution in [0.3, 0.4) is 0 Å². The molecule has 1 aliphatic heterocycles. The molecular weight excluding hydrogens is 295 g/mol. The van der Waals surface area contributed by atoms with Crippen molar-refractivity contribution in [3.8, 4) is 0 Å². The Kier molecular flexibility index (Phi) is 5.32. The molecule has 1 saturated heterocycles. The summed E-state index contributed by atoms with van der Waals surface area (Å²) in [5.74, 6) is -0.732. The van der Waals surface area contributed by atoms with Crippen molar-refractivity contribution < 1.29 is 17.5 Å². The number of halogens is 1. The van der Waals surface area contributed by atoms with Gasteiger partial charge in [0.05, 0.1) is 12.1 Å². The van der Waals surface area contributed by atoms with Crippen LogP contribution in [0.25, 0.3) is 0 Å². The fourth-order valence-electron chi connectivity index (χ4n) is 2.29. The summed E-state index contributed by atoms with van der Waals surface area (Å²) in [5, 5.41) is 3.07. The van der Waals surface area contributed by atoms with Gasteiger partial charge in [0.25, 0.3) is 0 Å². The van der Waals surface area contributed by atoms with Crippen LogP contribution in [0.1, 0.15) is 25.8 Å². The third kappa shape index (κ3) is 4.00. The Balaban J connectivity index is 2.16. The molecule has 0 bridgehead atoms. The Morgan fingerprint density at radius 1 is 1.43 bits per heavy atom. The molecule has 2 unspecified atom stereocenters. The maximum Gasteiger partial charge on any atom is 0.243 e. The Morgan fingerprint density at radius 2 is 2.19 bits per heavy atom. The summed E-state index contributed by atoms with van der Waals surface area (Å²) < 4.78 is 46.4. The van der Waals surface area contributed by atoms with E-state index in [0.29, 0.717) is 25.1 Å². The average Bonchev–Trinajstić information content (AvgIpc) is 2.81. The average molecular weight is 316 g/mol. The second kappa shape index (κ2) is 6.83. The summed E-state index contributed by atoms with van der Waals surface area (Å²) in [6.45, 7) is 5.54. The first-order valence-electron chi connectivity index (χ1n) is 7.07. The van der Waals surface area contributed by atoms with E-state index in [-0.39, 0.29) is 17.0 Å². The van der Waals surface area contributed by atoms with E-state index >= 15 is 0 Å². The van der Waals surface area contributed by atoms with Gasteiger partial charge in [-0.05, 0) is 37.6 Å². The molecule has 0 radical (unpaired) electrons. The highest BCUT2D eigenvalue weighted by Gasteiger charge is 2.30. The lowest BCUT2D eigenvalue weighted by Gasteiger charge is -2.16. The summed E-state index contributed by atoms with van der Waals surface area (Å²) in [6, 6.07) is 3.88. The smallest absolute Gasteiger partial charge is 0.243 e. The van der Waals surface area contributed by atoms with Crippen LogP contribution in [-0.2, 0) is 21.3 Å². The van der Waals surface area contributed by atoms with Crippen molar-refractivity contribution >= 4 is 10.0 Å². The van der Waals surface area contributed by atoms with Crippen molar-refractivity contribution in [3.05, 3.63) is 29.6 Å². The van der Waals surface area contributed by atoms with Gasteiger partial charge in [-0.2, -0.15) is 0 Å². The van der Waals surface area contributed by atoms with Gasteiger partial charge < -0.3 is 10.1 Å². The zero-order valence-corrected chi connectivity index (χ0v) is 13.0. The zero-order valence-electron chi connectivity index (χ0n) is 12.2. The minimum atomic E-state index is -3.87. The van der Waals surface area contributed by atoms with Crippen LogP contribution in [0.5, 0.6) is 0 Å². The molecule has 0 aliphatic carbocycles. The first-order valence-corrected chi connectivity index (χ1v) is 8.55. The van der Waals surface area contributed by atoms with Gasteiger partial charge in [0.15, 0.2) is 0 Å². The summed E-state index contributed by atoms with van der Waals surface area (Å²) in [4.78, 5) is -0.318. The number of sulfonamides is 1. The predicted molar refractivity (Wildman–Crippen MR) is 77.9 cm³/mol. The Morgan fingerprint density at radius 3 is 2.76 bits per heavy atom. The van der Waals surface area contributed by atoms with Gasteiger partial charge in [-0.15, -0.1) is 0 Å². The monoisotopic (exact) mass is 316 g/mol. The molecule has 21 heavy (non-hydrogen) atoms. The van der Waals surface area contributed by atoms with Gasteiger partial charge >= 0.3 is 0 Å². The van der Waals surface area contributed by atoms with E-state index in [4.69, 9.17) is 4.74 Å². The van der Waals surface area contributed by atoms with E-state index in [2.05, 4.69) is 10.0 Å². The van der Waals surface area contributed by atoms with Crippen LogP contribution in [-0.4, -0.2) is 33.7 Å². The van der Waals surface area contributed by atoms with Crippen molar-refractivity contribution in [1.29, 1.82) is 0 Å². The molecule has 2 rings (SSSR count). The second-order valence-corrected chi connectivity index (χ2v) is 6.82. The zero-order chi connectivity index (χ0) is 15.5. The molecule has 5 nitrogen and oxygen atoms in total. The highest BCUT2D eigenvalue weighted by Crippen LogP contribution is 2.20. The van der Waals surface area contributed by atoms with E-state index in [1.54, 1.807) is 13.0 Å². The Labute approximate surface area is 124 Å². The highest BCUT2D eigenvalue weighted by molar-refractivity contribution is 7.89. The van der Waals surface area contributed by atoms with Crippen LogP contribution >= 0.6 is 0 Å². The van der Waals surface area contributed by atoms with Crippen molar-refractivity contribution in [2.24, 2.45) is 0 Å². The number of ether oxygens (including phenoxy) is 1. The topological polar surface area (TPSA) is 67.4 Å². The minimum Gasteiger partial charge on any atom is -0.377 e. The minimum absolute atomic E-state index is 0.198. The first kappa shape index (κ1) is 16.4. The van der Waals surface area contributed by atoms with E-state index in [0.717, 1.165) is 6.54 Å². The molecule has 2 atom stereocenters. The Bertz CT molecular complexity index is 592. The summed E-state index contributed by atoms with van der Waals surface area (Å²) in [6.07, 6.45) is 0.399. The molecule has 0 amide bonds. The molecule has 1 aromatic carbocycles. The van der Waals surface area contributed by atoms with Gasteiger partial charge in [-0.3, -0.25) is 0 Å². The quantitative estimate of drug-likeness (QED) is 0.832. The van der Waals surface area contributed by atoms with E-state index < -0.39 is 15.8 Å². The standard InChI is InChI=1S/C14H21FN2O3S/c1-3-16-9-11-4-5-14(12(15)8-11)21(18,19)17-13-6-7-20-10(13)2/h4-5,8,10,13,16-17H,3,6-7,9H2,1-2H3. The SMILES string of the molecule is CCNCc1ccc(S(=O)(=O)NC2CCOC2C)c(F)c1. The number of rotatable bonds is 6. The van der Waals surface area contributed by atoms with Crippen molar-refractivity contribution in [2.45, 2.75) is 43.9 Å². The normalized spacial score (nSPS) is 22.6. The van der Waals surface area contributed by atoms with Gasteiger partial charge in [0.1, 0.15) is 10.7 Å². The van der Waals surface area contributed by atoms with Crippen molar-refractivity contribution in [3.63, 3.8) is 0 Å². The first-order chi connectivity index (χ1) is 9.94. The maximum atomic E-state index is 14.1. The number of hydrogen-bond acceptors (Lipinski definition) is 4. The molecule has 0 saturated carbocycles. The van der Waals surface area contributed by atoms with Crippen LogP contribution in [0.4, 0.5) is 4.39 Å². The molecule has 118 valence electrons. The van der Waals surface area contributed by atoms with Gasteiger partial charge in [0.2, 0.25) is 10.0 Å². The van der Waals surface area contributed by atoms with Gasteiger partial charge in [-0.1, -0.05) is 13.0 Å². The second-order valence-electron chi connectivity index (χ2n) is 5.14. The van der Waals surface area contributed by atoms with Crippen LogP contribution < -0.4 is 10.0 Å². The summed E-state index contributed by atoms with van der Waals surface area (Å²) in [5.41, 5.74) is 0.714. The van der Waals surface area contributed by atoms with Gasteiger partial charge in [0, 0.05) is 13.2 Å². The molecule has 1 aliphatic rings. The fraction of sp³-hybridized carbons (Fsp3) is 0.571. The molecule has 1 fully saturated rings. The van der Waals surface area contributed by atoms with Gasteiger partial charge in [-0.25, -0.2) is 17.5 Å². The molecule has 2 N–H and O–H groups in total. The van der Waals surface area contributed by atoms with Crippen LogP contribution in [0, 0.1) is 5.82 Å².